The molecule has 2 atom stereocenters. The summed E-state index contributed by atoms with van der Waals surface area (Å²) in [5.41, 5.74) is -0.0494. The zero-order valence-corrected chi connectivity index (χ0v) is 11.5. The Morgan fingerprint density at radius 1 is 1.21 bits per heavy atom. The van der Waals surface area contributed by atoms with Gasteiger partial charge in [0.15, 0.2) is 0 Å². The summed E-state index contributed by atoms with van der Waals surface area (Å²) in [6.07, 6.45) is 5.94. The van der Waals surface area contributed by atoms with Crippen molar-refractivity contribution in [2.75, 3.05) is 26.4 Å². The van der Waals surface area contributed by atoms with Crippen molar-refractivity contribution >= 4 is 5.91 Å². The molecule has 2 saturated heterocycles. The molecule has 1 spiro atoms. The molecule has 19 heavy (non-hydrogen) atoms. The summed E-state index contributed by atoms with van der Waals surface area (Å²) in [5.74, 6) is 0.181. The average molecular weight is 268 g/mol. The zero-order chi connectivity index (χ0) is 13.1. The highest BCUT2D eigenvalue weighted by atomic mass is 16.6. The summed E-state index contributed by atoms with van der Waals surface area (Å²) in [5, 5.41) is 6.52. The van der Waals surface area contributed by atoms with Gasteiger partial charge in [0.25, 0.3) is 0 Å². The monoisotopic (exact) mass is 268 g/mol. The molecule has 1 amide bonds. The Balaban J connectivity index is 1.36. The first kappa shape index (κ1) is 13.3. The van der Waals surface area contributed by atoms with Crippen LogP contribution >= 0.6 is 0 Å². The third-order valence-corrected chi connectivity index (χ3v) is 4.29. The van der Waals surface area contributed by atoms with Crippen LogP contribution in [0.3, 0.4) is 0 Å². The molecular weight excluding hydrogens is 244 g/mol. The van der Waals surface area contributed by atoms with Crippen molar-refractivity contribution < 1.29 is 14.3 Å². The summed E-state index contributed by atoms with van der Waals surface area (Å²) < 4.78 is 11.4. The molecule has 2 unspecified atom stereocenters. The molecule has 0 aromatic heterocycles. The van der Waals surface area contributed by atoms with Crippen molar-refractivity contribution in [2.45, 2.75) is 56.2 Å². The summed E-state index contributed by atoms with van der Waals surface area (Å²) >= 11 is 0. The highest BCUT2D eigenvalue weighted by Gasteiger charge is 2.40. The van der Waals surface area contributed by atoms with Crippen LogP contribution in [0.5, 0.6) is 0 Å². The van der Waals surface area contributed by atoms with Gasteiger partial charge in [0.05, 0.1) is 12.2 Å². The number of ether oxygens (including phenoxy) is 2. The van der Waals surface area contributed by atoms with Crippen molar-refractivity contribution in [2.24, 2.45) is 0 Å². The second-order valence-corrected chi connectivity index (χ2v) is 6.07. The normalized spacial score (nSPS) is 34.6. The van der Waals surface area contributed by atoms with Crippen LogP contribution in [-0.4, -0.2) is 50.0 Å². The van der Waals surface area contributed by atoms with Gasteiger partial charge < -0.3 is 20.1 Å². The van der Waals surface area contributed by atoms with Gasteiger partial charge in [-0.05, 0) is 25.7 Å². The highest BCUT2D eigenvalue weighted by Crippen LogP contribution is 2.32. The number of rotatable bonds is 5. The quantitative estimate of drug-likeness (QED) is 0.766. The Morgan fingerprint density at radius 2 is 2.11 bits per heavy atom. The van der Waals surface area contributed by atoms with E-state index in [0.717, 1.165) is 58.5 Å². The van der Waals surface area contributed by atoms with Crippen LogP contribution in [0.15, 0.2) is 0 Å². The third kappa shape index (κ3) is 3.68. The van der Waals surface area contributed by atoms with Gasteiger partial charge >= 0.3 is 0 Å². The largest absolute Gasteiger partial charge is 0.378 e. The Labute approximate surface area is 114 Å². The molecule has 0 aromatic carbocycles. The summed E-state index contributed by atoms with van der Waals surface area (Å²) in [4.78, 5) is 11.6. The van der Waals surface area contributed by atoms with Gasteiger partial charge in [-0.25, -0.2) is 0 Å². The fourth-order valence-electron chi connectivity index (χ4n) is 2.98. The van der Waals surface area contributed by atoms with E-state index in [-0.39, 0.29) is 11.5 Å². The molecule has 0 radical (unpaired) electrons. The summed E-state index contributed by atoms with van der Waals surface area (Å²) in [6, 6.07) is 0.929. The zero-order valence-electron chi connectivity index (χ0n) is 11.5. The average Bonchev–Trinajstić information content (AvgIpc) is 3.09. The number of carbonyl (C=O) groups is 1. The van der Waals surface area contributed by atoms with E-state index in [1.807, 2.05) is 0 Å². The van der Waals surface area contributed by atoms with Crippen LogP contribution < -0.4 is 10.6 Å². The molecule has 1 aliphatic carbocycles. The smallest absolute Gasteiger partial charge is 0.221 e. The molecule has 2 heterocycles. The number of hydrogen-bond acceptors (Lipinski definition) is 4. The molecule has 108 valence electrons. The molecule has 2 N–H and O–H groups in total. The second-order valence-electron chi connectivity index (χ2n) is 6.07. The van der Waals surface area contributed by atoms with Crippen molar-refractivity contribution in [3.8, 4) is 0 Å². The second kappa shape index (κ2) is 5.77. The first-order valence-corrected chi connectivity index (χ1v) is 7.50. The number of carbonyl (C=O) groups excluding carboxylic acids is 1. The SMILES string of the molecule is O=C(CCNC1CCOC2(CCOC2)C1)NC1CC1. The maximum Gasteiger partial charge on any atom is 0.221 e. The lowest BCUT2D eigenvalue weighted by Crippen LogP contribution is -2.48. The first-order valence-electron chi connectivity index (χ1n) is 7.50. The van der Waals surface area contributed by atoms with E-state index in [2.05, 4.69) is 10.6 Å². The van der Waals surface area contributed by atoms with Crippen LogP contribution in [0.2, 0.25) is 0 Å². The van der Waals surface area contributed by atoms with E-state index in [0.29, 0.717) is 18.5 Å². The minimum Gasteiger partial charge on any atom is -0.378 e. The van der Waals surface area contributed by atoms with E-state index in [1.165, 1.54) is 0 Å². The number of nitrogens with one attached hydrogen (secondary N) is 2. The molecule has 1 saturated carbocycles. The van der Waals surface area contributed by atoms with Crippen LogP contribution in [-0.2, 0) is 14.3 Å². The lowest BCUT2D eigenvalue weighted by atomic mass is 9.89. The molecule has 0 bridgehead atoms. The Morgan fingerprint density at radius 3 is 2.84 bits per heavy atom. The van der Waals surface area contributed by atoms with Crippen LogP contribution in [0.4, 0.5) is 0 Å². The maximum atomic E-state index is 11.6. The fourth-order valence-corrected chi connectivity index (χ4v) is 2.98. The van der Waals surface area contributed by atoms with E-state index in [9.17, 15) is 4.79 Å². The van der Waals surface area contributed by atoms with Gasteiger partial charge in [-0.1, -0.05) is 0 Å². The van der Waals surface area contributed by atoms with Gasteiger partial charge in [-0.3, -0.25) is 4.79 Å². The summed E-state index contributed by atoms with van der Waals surface area (Å²) in [6.45, 7) is 3.11. The van der Waals surface area contributed by atoms with Gasteiger partial charge in [0.2, 0.25) is 5.91 Å². The standard InChI is InChI=1S/C14H24N2O3/c17-13(16-11-1-2-11)3-6-15-12-4-7-19-14(9-12)5-8-18-10-14/h11-12,15H,1-10H2,(H,16,17). The van der Waals surface area contributed by atoms with Crippen LogP contribution in [0, 0.1) is 0 Å². The number of hydrogen-bond donors (Lipinski definition) is 2. The molecule has 5 nitrogen and oxygen atoms in total. The molecule has 5 heteroatoms. The molecule has 2 aliphatic heterocycles. The predicted octanol–water partition coefficient (Wildman–Crippen LogP) is 0.583. The molecular formula is C14H24N2O3. The minimum atomic E-state index is -0.0494. The van der Waals surface area contributed by atoms with Crippen molar-refractivity contribution in [1.29, 1.82) is 0 Å². The number of amides is 1. The Kier molecular flexibility index (Phi) is 4.05. The lowest BCUT2D eigenvalue weighted by Gasteiger charge is -2.37. The van der Waals surface area contributed by atoms with E-state index < -0.39 is 0 Å². The van der Waals surface area contributed by atoms with Crippen molar-refractivity contribution in [3.05, 3.63) is 0 Å². The molecule has 0 aromatic rings. The molecule has 3 fully saturated rings. The van der Waals surface area contributed by atoms with E-state index in [1.54, 1.807) is 0 Å². The van der Waals surface area contributed by atoms with Crippen molar-refractivity contribution in [1.82, 2.24) is 10.6 Å². The fraction of sp³-hybridized carbons (Fsp3) is 0.929. The van der Waals surface area contributed by atoms with Gasteiger partial charge in [-0.15, -0.1) is 0 Å². The Bertz CT molecular complexity index is 325. The van der Waals surface area contributed by atoms with Gasteiger partial charge in [0.1, 0.15) is 0 Å². The van der Waals surface area contributed by atoms with E-state index in [4.69, 9.17) is 9.47 Å². The first-order chi connectivity index (χ1) is 9.26. The molecule has 3 aliphatic rings. The summed E-state index contributed by atoms with van der Waals surface area (Å²) in [7, 11) is 0. The van der Waals surface area contributed by atoms with Gasteiger partial charge in [0, 0.05) is 44.7 Å². The molecule has 3 rings (SSSR count). The van der Waals surface area contributed by atoms with Crippen molar-refractivity contribution in [3.63, 3.8) is 0 Å². The third-order valence-electron chi connectivity index (χ3n) is 4.29. The van der Waals surface area contributed by atoms with Crippen LogP contribution in [0.25, 0.3) is 0 Å². The van der Waals surface area contributed by atoms with Crippen LogP contribution in [0.1, 0.15) is 38.5 Å². The topological polar surface area (TPSA) is 59.6 Å². The predicted molar refractivity (Wildman–Crippen MR) is 70.9 cm³/mol. The van der Waals surface area contributed by atoms with Gasteiger partial charge in [-0.2, -0.15) is 0 Å². The minimum absolute atomic E-state index is 0.0494. The van der Waals surface area contributed by atoms with E-state index >= 15 is 0 Å². The Hall–Kier alpha value is -0.650. The lowest BCUT2D eigenvalue weighted by molar-refractivity contribution is -0.121. The maximum absolute atomic E-state index is 11.6. The highest BCUT2D eigenvalue weighted by molar-refractivity contribution is 5.76.